The molecule has 2 aliphatic rings. The standard InChI is InChI=1S/C30H29F3N2O3/c31-30(32,33)23-14-15-26-25(17-23)28(29(37)34-24-12-5-2-6-13-24)35(27(36)19-38-26)18-20-8-7-11-22(16-20)21-9-3-1-4-10-21/h1,3-4,7-11,14-17,24,28H,2,5-6,12-13,18-19H2,(H,34,37). The molecular formula is C30H29F3N2O3. The number of nitrogens with one attached hydrogen (secondary N) is 1. The van der Waals surface area contributed by atoms with Gasteiger partial charge in [0.1, 0.15) is 11.8 Å². The van der Waals surface area contributed by atoms with Crippen molar-refractivity contribution in [2.45, 2.75) is 56.9 Å². The molecule has 0 bridgehead atoms. The molecule has 2 amide bonds. The molecule has 38 heavy (non-hydrogen) atoms. The van der Waals surface area contributed by atoms with E-state index in [4.69, 9.17) is 4.74 Å². The van der Waals surface area contributed by atoms with Crippen LogP contribution < -0.4 is 10.1 Å². The molecule has 0 spiro atoms. The number of hydrogen-bond donors (Lipinski definition) is 1. The van der Waals surface area contributed by atoms with Crippen LogP contribution in [0.2, 0.25) is 0 Å². The Labute approximate surface area is 219 Å². The minimum absolute atomic E-state index is 0.0400. The number of hydrogen-bond acceptors (Lipinski definition) is 3. The van der Waals surface area contributed by atoms with Gasteiger partial charge in [0.2, 0.25) is 5.91 Å². The normalized spacial score (nSPS) is 18.3. The maximum Gasteiger partial charge on any atom is 0.416 e. The smallest absolute Gasteiger partial charge is 0.416 e. The Hall–Kier alpha value is -3.81. The van der Waals surface area contributed by atoms with Gasteiger partial charge in [-0.1, -0.05) is 67.8 Å². The highest BCUT2D eigenvalue weighted by atomic mass is 19.4. The van der Waals surface area contributed by atoms with Crippen LogP contribution in [0.15, 0.2) is 72.8 Å². The maximum atomic E-state index is 13.7. The predicted molar refractivity (Wildman–Crippen MR) is 137 cm³/mol. The summed E-state index contributed by atoms with van der Waals surface area (Å²) in [6.07, 6.45) is 0.0359. The van der Waals surface area contributed by atoms with Crippen LogP contribution in [0, 0.1) is 0 Å². The number of ether oxygens (including phenoxy) is 1. The lowest BCUT2D eigenvalue weighted by atomic mass is 9.94. The zero-order valence-corrected chi connectivity index (χ0v) is 20.8. The lowest BCUT2D eigenvalue weighted by molar-refractivity contribution is -0.142. The zero-order chi connectivity index (χ0) is 26.7. The molecule has 1 unspecified atom stereocenters. The molecule has 0 radical (unpaired) electrons. The molecule has 198 valence electrons. The van der Waals surface area contributed by atoms with Crippen LogP contribution in [0.1, 0.15) is 54.8 Å². The van der Waals surface area contributed by atoms with Crippen LogP contribution >= 0.6 is 0 Å². The Morgan fingerprint density at radius 1 is 0.921 bits per heavy atom. The number of carbonyl (C=O) groups excluding carboxylic acids is 2. The average molecular weight is 523 g/mol. The molecule has 1 atom stereocenters. The van der Waals surface area contributed by atoms with Gasteiger partial charge >= 0.3 is 6.18 Å². The van der Waals surface area contributed by atoms with E-state index in [0.29, 0.717) is 0 Å². The average Bonchev–Trinajstić information content (AvgIpc) is 3.05. The monoisotopic (exact) mass is 522 g/mol. The van der Waals surface area contributed by atoms with Gasteiger partial charge in [-0.25, -0.2) is 0 Å². The van der Waals surface area contributed by atoms with E-state index in [1.807, 2.05) is 54.6 Å². The van der Waals surface area contributed by atoms with Crippen LogP contribution in [0.4, 0.5) is 13.2 Å². The first kappa shape index (κ1) is 25.8. The van der Waals surface area contributed by atoms with Crippen LogP contribution in [0.25, 0.3) is 11.1 Å². The molecule has 0 aromatic heterocycles. The first-order chi connectivity index (χ1) is 18.3. The summed E-state index contributed by atoms with van der Waals surface area (Å²) in [6, 6.07) is 19.0. The number of rotatable bonds is 5. The van der Waals surface area contributed by atoms with E-state index in [0.717, 1.165) is 60.9 Å². The zero-order valence-electron chi connectivity index (χ0n) is 20.8. The highest BCUT2D eigenvalue weighted by Crippen LogP contribution is 2.39. The molecule has 0 saturated heterocycles. The lowest BCUT2D eigenvalue weighted by Gasteiger charge is -2.32. The highest BCUT2D eigenvalue weighted by molar-refractivity contribution is 5.91. The Kier molecular flexibility index (Phi) is 7.40. The van der Waals surface area contributed by atoms with Gasteiger partial charge in [-0.2, -0.15) is 13.2 Å². The van der Waals surface area contributed by atoms with E-state index in [1.165, 1.54) is 11.0 Å². The topological polar surface area (TPSA) is 58.6 Å². The summed E-state index contributed by atoms with van der Waals surface area (Å²) in [5.41, 5.74) is 1.83. The van der Waals surface area contributed by atoms with Crippen molar-refractivity contribution < 1.29 is 27.5 Å². The third-order valence-electron chi connectivity index (χ3n) is 7.20. The van der Waals surface area contributed by atoms with Crippen molar-refractivity contribution in [2.75, 3.05) is 6.61 Å². The van der Waals surface area contributed by atoms with Crippen molar-refractivity contribution in [3.63, 3.8) is 0 Å². The molecule has 1 saturated carbocycles. The first-order valence-corrected chi connectivity index (χ1v) is 12.9. The van der Waals surface area contributed by atoms with E-state index < -0.39 is 29.6 Å². The number of nitrogens with zero attached hydrogens (tertiary/aromatic N) is 1. The molecule has 1 N–H and O–H groups in total. The van der Waals surface area contributed by atoms with Crippen molar-refractivity contribution in [2.24, 2.45) is 0 Å². The predicted octanol–water partition coefficient (Wildman–Crippen LogP) is 6.28. The van der Waals surface area contributed by atoms with Crippen LogP contribution in [-0.2, 0) is 22.3 Å². The maximum absolute atomic E-state index is 13.7. The van der Waals surface area contributed by atoms with Crippen LogP contribution in [-0.4, -0.2) is 29.4 Å². The highest BCUT2D eigenvalue weighted by Gasteiger charge is 2.40. The second-order valence-electron chi connectivity index (χ2n) is 9.87. The summed E-state index contributed by atoms with van der Waals surface area (Å²) >= 11 is 0. The van der Waals surface area contributed by atoms with Gasteiger partial charge in [0.25, 0.3) is 5.91 Å². The van der Waals surface area contributed by atoms with Gasteiger partial charge in [-0.3, -0.25) is 9.59 Å². The molecular weight excluding hydrogens is 493 g/mol. The number of amides is 2. The van der Waals surface area contributed by atoms with Gasteiger partial charge < -0.3 is 15.0 Å². The van der Waals surface area contributed by atoms with Crippen molar-refractivity contribution in [1.29, 1.82) is 0 Å². The number of halogens is 3. The molecule has 1 aliphatic carbocycles. The summed E-state index contributed by atoms with van der Waals surface area (Å²) < 4.78 is 46.6. The Bertz CT molecular complexity index is 1300. The lowest BCUT2D eigenvalue weighted by Crippen LogP contribution is -2.46. The van der Waals surface area contributed by atoms with Crippen molar-refractivity contribution in [3.8, 4) is 16.9 Å². The number of carbonyl (C=O) groups is 2. The quantitative estimate of drug-likeness (QED) is 0.429. The fourth-order valence-electron chi connectivity index (χ4n) is 5.27. The van der Waals surface area contributed by atoms with Gasteiger partial charge in [-0.15, -0.1) is 0 Å². The summed E-state index contributed by atoms with van der Waals surface area (Å²) in [5.74, 6) is -0.852. The van der Waals surface area contributed by atoms with Crippen molar-refractivity contribution >= 4 is 11.8 Å². The number of fused-ring (bicyclic) bond motifs is 1. The minimum Gasteiger partial charge on any atom is -0.483 e. The molecule has 8 heteroatoms. The number of benzene rings is 3. The van der Waals surface area contributed by atoms with Crippen molar-refractivity contribution in [1.82, 2.24) is 10.2 Å². The number of alkyl halides is 3. The summed E-state index contributed by atoms with van der Waals surface area (Å²) in [5, 5.41) is 3.02. The molecule has 1 heterocycles. The van der Waals surface area contributed by atoms with Gasteiger partial charge in [0.05, 0.1) is 5.56 Å². The third-order valence-corrected chi connectivity index (χ3v) is 7.20. The van der Waals surface area contributed by atoms with E-state index in [-0.39, 0.29) is 30.5 Å². The van der Waals surface area contributed by atoms with E-state index in [9.17, 15) is 22.8 Å². The molecule has 1 fully saturated rings. The fraction of sp³-hybridized carbons (Fsp3) is 0.333. The third kappa shape index (κ3) is 5.69. The Balaban J connectivity index is 1.53. The Morgan fingerprint density at radius 3 is 2.39 bits per heavy atom. The minimum atomic E-state index is -4.61. The fourth-order valence-corrected chi connectivity index (χ4v) is 5.27. The second kappa shape index (κ2) is 10.9. The molecule has 5 rings (SSSR count). The first-order valence-electron chi connectivity index (χ1n) is 12.9. The molecule has 3 aromatic rings. The SMILES string of the molecule is O=C(NC1CCCCC1)C1c2cc(C(F)(F)F)ccc2OCC(=O)N1Cc1cccc(-c2ccccc2)c1. The Morgan fingerprint density at radius 2 is 1.66 bits per heavy atom. The van der Waals surface area contributed by atoms with E-state index in [2.05, 4.69) is 5.32 Å². The van der Waals surface area contributed by atoms with Gasteiger partial charge in [0, 0.05) is 18.2 Å². The largest absolute Gasteiger partial charge is 0.483 e. The van der Waals surface area contributed by atoms with E-state index in [1.54, 1.807) is 0 Å². The molecule has 1 aliphatic heterocycles. The summed E-state index contributed by atoms with van der Waals surface area (Å²) in [4.78, 5) is 28.4. The second-order valence-corrected chi connectivity index (χ2v) is 9.87. The summed E-state index contributed by atoms with van der Waals surface area (Å²) in [7, 11) is 0. The van der Waals surface area contributed by atoms with Gasteiger partial charge in [0.15, 0.2) is 6.61 Å². The van der Waals surface area contributed by atoms with Gasteiger partial charge in [-0.05, 0) is 53.8 Å². The molecule has 5 nitrogen and oxygen atoms in total. The molecule has 3 aromatic carbocycles. The van der Waals surface area contributed by atoms with Crippen LogP contribution in [0.3, 0.4) is 0 Å². The van der Waals surface area contributed by atoms with E-state index >= 15 is 0 Å². The summed E-state index contributed by atoms with van der Waals surface area (Å²) in [6.45, 7) is -0.328. The van der Waals surface area contributed by atoms with Crippen LogP contribution in [0.5, 0.6) is 5.75 Å². The van der Waals surface area contributed by atoms with Crippen molar-refractivity contribution in [3.05, 3.63) is 89.5 Å².